The van der Waals surface area contributed by atoms with Crippen LogP contribution in [0.1, 0.15) is 49.6 Å². The van der Waals surface area contributed by atoms with Gasteiger partial charge >= 0.3 is 0 Å². The zero-order chi connectivity index (χ0) is 15.0. The average molecular weight is 300 g/mol. The van der Waals surface area contributed by atoms with Crippen LogP contribution in [0.4, 0.5) is 0 Å². The van der Waals surface area contributed by atoms with Crippen molar-refractivity contribution < 1.29 is 9.53 Å². The summed E-state index contributed by atoms with van der Waals surface area (Å²) in [5, 5.41) is 0. The maximum Gasteiger partial charge on any atom is 0.202 e. The van der Waals surface area contributed by atoms with Gasteiger partial charge in [0.15, 0.2) is 0 Å². The summed E-state index contributed by atoms with van der Waals surface area (Å²) in [4.78, 5) is 15.0. The molecule has 0 N–H and O–H groups in total. The highest BCUT2D eigenvalue weighted by molar-refractivity contribution is 7.14. The number of ketones is 1. The van der Waals surface area contributed by atoms with Gasteiger partial charge in [-0.1, -0.05) is 0 Å². The number of carbonyl (C=O) groups excluding carboxylic acids is 1. The molecule has 1 aliphatic carbocycles. The molecule has 0 amide bonds. The average Bonchev–Trinajstić information content (AvgIpc) is 2.90. The van der Waals surface area contributed by atoms with Crippen molar-refractivity contribution in [1.29, 1.82) is 0 Å². The topological polar surface area (TPSA) is 26.3 Å². The van der Waals surface area contributed by atoms with E-state index >= 15 is 0 Å². The van der Waals surface area contributed by atoms with Gasteiger partial charge in [0.2, 0.25) is 5.78 Å². The van der Waals surface area contributed by atoms with Gasteiger partial charge in [0.25, 0.3) is 0 Å². The lowest BCUT2D eigenvalue weighted by Gasteiger charge is -2.10. The summed E-state index contributed by atoms with van der Waals surface area (Å²) in [6.45, 7) is 3.98. The molecule has 2 nitrogen and oxygen atoms in total. The molecule has 0 unspecified atom stereocenters. The first kappa shape index (κ1) is 14.3. The second-order valence-electron chi connectivity index (χ2n) is 5.74. The van der Waals surface area contributed by atoms with E-state index in [0.29, 0.717) is 0 Å². The number of ether oxygens (including phenoxy) is 1. The van der Waals surface area contributed by atoms with Crippen LogP contribution in [-0.4, -0.2) is 12.9 Å². The Morgan fingerprint density at radius 1 is 1.10 bits per heavy atom. The Kier molecular flexibility index (Phi) is 3.85. The molecule has 1 aromatic carbocycles. The summed E-state index contributed by atoms with van der Waals surface area (Å²) < 4.78 is 5.37. The molecule has 1 aromatic heterocycles. The maximum absolute atomic E-state index is 12.7. The Balaban J connectivity index is 1.97. The molecule has 3 heteroatoms. The smallest absolute Gasteiger partial charge is 0.202 e. The van der Waals surface area contributed by atoms with E-state index in [2.05, 4.69) is 6.07 Å². The quantitative estimate of drug-likeness (QED) is 0.781. The molecular weight excluding hydrogens is 280 g/mol. The molecule has 0 aliphatic heterocycles. The third-order valence-corrected chi connectivity index (χ3v) is 5.38. The number of hydrogen-bond donors (Lipinski definition) is 0. The lowest BCUT2D eigenvalue weighted by Crippen LogP contribution is -2.02. The molecular formula is C18H20O2S. The van der Waals surface area contributed by atoms with Crippen molar-refractivity contribution in [2.75, 3.05) is 7.11 Å². The Morgan fingerprint density at radius 3 is 2.38 bits per heavy atom. The van der Waals surface area contributed by atoms with Crippen molar-refractivity contribution in [2.24, 2.45) is 0 Å². The number of aryl methyl sites for hydroxylation is 4. The van der Waals surface area contributed by atoms with Gasteiger partial charge in [-0.05, 0) is 74.4 Å². The third-order valence-electron chi connectivity index (χ3n) is 4.15. The molecule has 0 saturated heterocycles. The fourth-order valence-corrected chi connectivity index (χ4v) is 4.36. The van der Waals surface area contributed by atoms with Gasteiger partial charge in [-0.25, -0.2) is 0 Å². The van der Waals surface area contributed by atoms with E-state index in [1.54, 1.807) is 18.4 Å². The number of hydrogen-bond acceptors (Lipinski definition) is 3. The van der Waals surface area contributed by atoms with E-state index in [-0.39, 0.29) is 5.78 Å². The summed E-state index contributed by atoms with van der Waals surface area (Å²) in [6, 6.07) is 5.98. The Morgan fingerprint density at radius 2 is 1.76 bits per heavy atom. The SMILES string of the molecule is COc1c(C)cc(C(=O)c2cc3c(s2)CCCC3)cc1C. The van der Waals surface area contributed by atoms with Crippen LogP contribution in [0.25, 0.3) is 0 Å². The molecule has 0 bridgehead atoms. The van der Waals surface area contributed by atoms with Crippen LogP contribution in [0, 0.1) is 13.8 Å². The van der Waals surface area contributed by atoms with Crippen molar-refractivity contribution in [1.82, 2.24) is 0 Å². The minimum atomic E-state index is 0.142. The van der Waals surface area contributed by atoms with E-state index in [0.717, 1.165) is 40.2 Å². The molecule has 0 saturated carbocycles. The highest BCUT2D eigenvalue weighted by Gasteiger charge is 2.19. The van der Waals surface area contributed by atoms with Gasteiger partial charge in [-0.3, -0.25) is 4.79 Å². The first-order valence-corrected chi connectivity index (χ1v) is 8.23. The molecule has 1 heterocycles. The molecule has 3 rings (SSSR count). The summed E-state index contributed by atoms with van der Waals surface area (Å²) in [5.74, 6) is 1.01. The van der Waals surface area contributed by atoms with Crippen LogP contribution in [-0.2, 0) is 12.8 Å². The maximum atomic E-state index is 12.7. The van der Waals surface area contributed by atoms with Gasteiger partial charge in [0, 0.05) is 10.4 Å². The number of carbonyl (C=O) groups is 1. The predicted molar refractivity (Wildman–Crippen MR) is 86.9 cm³/mol. The molecule has 110 valence electrons. The highest BCUT2D eigenvalue weighted by atomic mass is 32.1. The molecule has 21 heavy (non-hydrogen) atoms. The van der Waals surface area contributed by atoms with Crippen LogP contribution in [0.5, 0.6) is 5.75 Å². The van der Waals surface area contributed by atoms with Crippen LogP contribution >= 0.6 is 11.3 Å². The van der Waals surface area contributed by atoms with E-state index < -0.39 is 0 Å². The summed E-state index contributed by atoms with van der Waals surface area (Å²) in [7, 11) is 1.67. The summed E-state index contributed by atoms with van der Waals surface area (Å²) in [5.41, 5.74) is 4.19. The van der Waals surface area contributed by atoms with Crippen LogP contribution in [0.2, 0.25) is 0 Å². The van der Waals surface area contributed by atoms with Crippen molar-refractivity contribution in [3.05, 3.63) is 50.2 Å². The van der Waals surface area contributed by atoms with E-state index in [4.69, 9.17) is 4.74 Å². The van der Waals surface area contributed by atoms with Crippen molar-refractivity contribution >= 4 is 17.1 Å². The standard InChI is InChI=1S/C18H20O2S/c1-11-8-14(9-12(2)18(11)20-3)17(19)16-10-13-6-4-5-7-15(13)21-16/h8-10H,4-7H2,1-3H3. The minimum Gasteiger partial charge on any atom is -0.496 e. The first-order chi connectivity index (χ1) is 10.1. The van der Waals surface area contributed by atoms with Crippen LogP contribution < -0.4 is 4.74 Å². The molecule has 0 radical (unpaired) electrons. The molecule has 2 aromatic rings. The second kappa shape index (κ2) is 5.64. The number of benzene rings is 1. The van der Waals surface area contributed by atoms with Crippen molar-refractivity contribution in [3.63, 3.8) is 0 Å². The molecule has 1 aliphatic rings. The normalized spacial score (nSPS) is 13.9. The Labute approximate surface area is 129 Å². The van der Waals surface area contributed by atoms with Crippen molar-refractivity contribution in [2.45, 2.75) is 39.5 Å². The number of fused-ring (bicyclic) bond motifs is 1. The lowest BCUT2D eigenvalue weighted by molar-refractivity contribution is 0.104. The lowest BCUT2D eigenvalue weighted by atomic mass is 9.98. The van der Waals surface area contributed by atoms with Gasteiger partial charge in [0.05, 0.1) is 12.0 Å². The fourth-order valence-electron chi connectivity index (χ4n) is 3.15. The first-order valence-electron chi connectivity index (χ1n) is 7.41. The molecule has 0 spiro atoms. The minimum absolute atomic E-state index is 0.142. The Hall–Kier alpha value is -1.61. The van der Waals surface area contributed by atoms with Gasteiger partial charge in [-0.15, -0.1) is 11.3 Å². The van der Waals surface area contributed by atoms with E-state index in [1.807, 2.05) is 26.0 Å². The van der Waals surface area contributed by atoms with E-state index in [1.165, 1.54) is 23.3 Å². The largest absolute Gasteiger partial charge is 0.496 e. The zero-order valence-corrected chi connectivity index (χ0v) is 13.6. The number of thiophene rings is 1. The molecule has 0 atom stereocenters. The van der Waals surface area contributed by atoms with Crippen LogP contribution in [0.3, 0.4) is 0 Å². The van der Waals surface area contributed by atoms with Gasteiger partial charge < -0.3 is 4.74 Å². The number of methoxy groups -OCH3 is 1. The predicted octanol–water partition coefficient (Wildman–Crippen LogP) is 4.48. The monoisotopic (exact) mass is 300 g/mol. The fraction of sp³-hybridized carbons (Fsp3) is 0.389. The van der Waals surface area contributed by atoms with Gasteiger partial charge in [-0.2, -0.15) is 0 Å². The summed E-state index contributed by atoms with van der Waals surface area (Å²) in [6.07, 6.45) is 4.76. The molecule has 0 fully saturated rings. The number of rotatable bonds is 3. The summed E-state index contributed by atoms with van der Waals surface area (Å²) >= 11 is 1.68. The Bertz CT molecular complexity index is 651. The highest BCUT2D eigenvalue weighted by Crippen LogP contribution is 2.32. The zero-order valence-electron chi connectivity index (χ0n) is 12.8. The third kappa shape index (κ3) is 2.62. The van der Waals surface area contributed by atoms with Crippen molar-refractivity contribution in [3.8, 4) is 5.75 Å². The van der Waals surface area contributed by atoms with Gasteiger partial charge in [0.1, 0.15) is 5.75 Å². The second-order valence-corrected chi connectivity index (χ2v) is 6.88. The van der Waals surface area contributed by atoms with E-state index in [9.17, 15) is 4.79 Å². The van der Waals surface area contributed by atoms with Crippen LogP contribution in [0.15, 0.2) is 18.2 Å².